The van der Waals surface area contributed by atoms with Crippen LogP contribution in [0.2, 0.25) is 0 Å². The summed E-state index contributed by atoms with van der Waals surface area (Å²) in [7, 11) is 1.66. The molecule has 3 heteroatoms. The fourth-order valence-electron chi connectivity index (χ4n) is 2.61. The van der Waals surface area contributed by atoms with Crippen molar-refractivity contribution in [3.63, 3.8) is 0 Å². The Morgan fingerprint density at radius 1 is 1.00 bits per heavy atom. The summed E-state index contributed by atoms with van der Waals surface area (Å²) in [5, 5.41) is 9.09. The van der Waals surface area contributed by atoms with Crippen molar-refractivity contribution in [1.82, 2.24) is 0 Å². The molecular weight excluding hydrogens is 279 g/mol. The van der Waals surface area contributed by atoms with Crippen LogP contribution in [0, 0.1) is 5.82 Å². The average molecular weight is 302 g/mol. The third kappa shape index (κ3) is 3.93. The van der Waals surface area contributed by atoms with E-state index in [1.807, 2.05) is 37.3 Å². The second-order valence-corrected chi connectivity index (χ2v) is 5.38. The van der Waals surface area contributed by atoms with Crippen molar-refractivity contribution in [3.8, 4) is 11.1 Å². The lowest BCUT2D eigenvalue weighted by Gasteiger charge is -2.13. The topological polar surface area (TPSA) is 29.5 Å². The Kier molecular flexibility index (Phi) is 6.10. The van der Waals surface area contributed by atoms with E-state index in [0.717, 1.165) is 35.1 Å². The number of aliphatic hydroxyl groups excluding tert-OH is 1. The van der Waals surface area contributed by atoms with Crippen molar-refractivity contribution < 1.29 is 14.2 Å². The lowest BCUT2D eigenvalue weighted by Crippen LogP contribution is -2.01. The summed E-state index contributed by atoms with van der Waals surface area (Å²) in [5.74, 6) is -0.187. The van der Waals surface area contributed by atoms with Gasteiger partial charge in [-0.15, -0.1) is 0 Å². The summed E-state index contributed by atoms with van der Waals surface area (Å²) >= 11 is 0. The van der Waals surface area contributed by atoms with E-state index < -0.39 is 0 Å². The highest BCUT2D eigenvalue weighted by atomic mass is 19.1. The molecule has 0 heterocycles. The van der Waals surface area contributed by atoms with Gasteiger partial charge in [-0.2, -0.15) is 0 Å². The van der Waals surface area contributed by atoms with E-state index in [-0.39, 0.29) is 12.4 Å². The second-order valence-electron chi connectivity index (χ2n) is 5.38. The molecule has 2 aromatic rings. The molecule has 0 saturated carbocycles. The predicted molar refractivity (Wildman–Crippen MR) is 87.6 cm³/mol. The number of aliphatic hydroxyl groups is 1. The maximum atomic E-state index is 14.4. The first-order valence-corrected chi connectivity index (χ1v) is 7.70. The summed E-state index contributed by atoms with van der Waals surface area (Å²) in [5.41, 5.74) is 4.63. The number of aryl methyl sites for hydroxylation is 1. The van der Waals surface area contributed by atoms with Crippen molar-refractivity contribution in [2.45, 2.75) is 26.2 Å². The zero-order chi connectivity index (χ0) is 15.9. The number of hydrogen-bond acceptors (Lipinski definition) is 2. The number of halogens is 1. The standard InChI is InChI=1S/C19H23FO2/c1-3-14-4-7-18(19(20)13-14)17-6-5-15(8-10-21)12-16(17)9-11-22-2/h4-7,12-13,21H,3,8-11H2,1-2H3. The van der Waals surface area contributed by atoms with E-state index in [4.69, 9.17) is 9.84 Å². The van der Waals surface area contributed by atoms with E-state index >= 15 is 0 Å². The minimum absolute atomic E-state index is 0.114. The molecule has 0 aromatic heterocycles. The Morgan fingerprint density at radius 2 is 1.73 bits per heavy atom. The SMILES string of the molecule is CCc1ccc(-c2ccc(CCO)cc2CCOC)c(F)c1. The molecule has 0 bridgehead atoms. The van der Waals surface area contributed by atoms with E-state index in [2.05, 4.69) is 0 Å². The van der Waals surface area contributed by atoms with E-state index in [9.17, 15) is 4.39 Å². The van der Waals surface area contributed by atoms with Gasteiger partial charge in [-0.3, -0.25) is 0 Å². The highest BCUT2D eigenvalue weighted by Gasteiger charge is 2.11. The zero-order valence-corrected chi connectivity index (χ0v) is 13.2. The molecule has 0 radical (unpaired) electrons. The maximum Gasteiger partial charge on any atom is 0.131 e. The molecule has 0 amide bonds. The predicted octanol–water partition coefficient (Wildman–Crippen LogP) is 3.78. The van der Waals surface area contributed by atoms with Crippen LogP contribution in [0.4, 0.5) is 4.39 Å². The molecule has 0 atom stereocenters. The molecule has 0 spiro atoms. The van der Waals surface area contributed by atoms with Crippen molar-refractivity contribution in [2.75, 3.05) is 20.3 Å². The number of rotatable bonds is 7. The quantitative estimate of drug-likeness (QED) is 0.843. The summed E-state index contributed by atoms with van der Waals surface area (Å²) in [6.45, 7) is 2.72. The molecule has 0 aliphatic rings. The average Bonchev–Trinajstić information content (AvgIpc) is 2.53. The van der Waals surface area contributed by atoms with Gasteiger partial charge in [0.25, 0.3) is 0 Å². The van der Waals surface area contributed by atoms with Crippen LogP contribution >= 0.6 is 0 Å². The largest absolute Gasteiger partial charge is 0.396 e. The van der Waals surface area contributed by atoms with Crippen LogP contribution in [0.25, 0.3) is 11.1 Å². The minimum atomic E-state index is -0.187. The van der Waals surface area contributed by atoms with Gasteiger partial charge in [0, 0.05) is 19.3 Å². The molecule has 118 valence electrons. The highest BCUT2D eigenvalue weighted by Crippen LogP contribution is 2.29. The number of ether oxygens (including phenoxy) is 1. The first-order valence-electron chi connectivity index (χ1n) is 7.70. The Morgan fingerprint density at radius 3 is 2.36 bits per heavy atom. The van der Waals surface area contributed by atoms with Gasteiger partial charge >= 0.3 is 0 Å². The summed E-state index contributed by atoms with van der Waals surface area (Å²) < 4.78 is 19.6. The molecule has 0 unspecified atom stereocenters. The van der Waals surface area contributed by atoms with Gasteiger partial charge in [0.05, 0.1) is 6.61 Å². The van der Waals surface area contributed by atoms with Gasteiger partial charge < -0.3 is 9.84 Å². The first-order chi connectivity index (χ1) is 10.7. The molecule has 22 heavy (non-hydrogen) atoms. The monoisotopic (exact) mass is 302 g/mol. The van der Waals surface area contributed by atoms with Gasteiger partial charge in [-0.25, -0.2) is 4.39 Å². The van der Waals surface area contributed by atoms with Gasteiger partial charge in [0.1, 0.15) is 5.82 Å². The fraction of sp³-hybridized carbons (Fsp3) is 0.368. The molecule has 1 N–H and O–H groups in total. The van der Waals surface area contributed by atoms with Crippen LogP contribution in [-0.4, -0.2) is 25.4 Å². The maximum absolute atomic E-state index is 14.4. The summed E-state index contributed by atoms with van der Waals surface area (Å²) in [6.07, 6.45) is 2.15. The smallest absolute Gasteiger partial charge is 0.131 e. The van der Waals surface area contributed by atoms with Crippen molar-refractivity contribution in [2.24, 2.45) is 0 Å². The van der Waals surface area contributed by atoms with Crippen LogP contribution in [0.15, 0.2) is 36.4 Å². The van der Waals surface area contributed by atoms with Crippen LogP contribution in [0.5, 0.6) is 0 Å². The van der Waals surface area contributed by atoms with Gasteiger partial charge in [-0.1, -0.05) is 37.3 Å². The molecular formula is C19H23FO2. The Hall–Kier alpha value is -1.71. The molecule has 0 aliphatic heterocycles. The normalized spacial score (nSPS) is 10.9. The molecule has 2 rings (SSSR count). The van der Waals surface area contributed by atoms with Crippen LogP contribution in [0.1, 0.15) is 23.6 Å². The zero-order valence-electron chi connectivity index (χ0n) is 13.2. The Labute approximate surface area is 131 Å². The lowest BCUT2D eigenvalue weighted by atomic mass is 9.94. The van der Waals surface area contributed by atoms with Crippen LogP contribution < -0.4 is 0 Å². The molecule has 0 aliphatic carbocycles. The van der Waals surface area contributed by atoms with Gasteiger partial charge in [0.15, 0.2) is 0 Å². The van der Waals surface area contributed by atoms with Crippen molar-refractivity contribution >= 4 is 0 Å². The number of benzene rings is 2. The Balaban J connectivity index is 2.44. The Bertz CT molecular complexity index is 623. The summed E-state index contributed by atoms with van der Waals surface area (Å²) in [6, 6.07) is 11.4. The summed E-state index contributed by atoms with van der Waals surface area (Å²) in [4.78, 5) is 0. The molecule has 0 saturated heterocycles. The van der Waals surface area contributed by atoms with Gasteiger partial charge in [-0.05, 0) is 47.6 Å². The third-order valence-corrected chi connectivity index (χ3v) is 3.88. The first kappa shape index (κ1) is 16.7. The third-order valence-electron chi connectivity index (χ3n) is 3.88. The van der Waals surface area contributed by atoms with Crippen LogP contribution in [-0.2, 0) is 24.0 Å². The minimum Gasteiger partial charge on any atom is -0.396 e. The second kappa shape index (κ2) is 8.06. The van der Waals surface area contributed by atoms with E-state index in [1.165, 1.54) is 0 Å². The molecule has 0 fully saturated rings. The van der Waals surface area contributed by atoms with Crippen molar-refractivity contribution in [3.05, 3.63) is 58.9 Å². The van der Waals surface area contributed by atoms with Crippen molar-refractivity contribution in [1.29, 1.82) is 0 Å². The number of hydrogen-bond donors (Lipinski definition) is 1. The number of methoxy groups -OCH3 is 1. The molecule has 2 aromatic carbocycles. The van der Waals surface area contributed by atoms with Gasteiger partial charge in [0.2, 0.25) is 0 Å². The lowest BCUT2D eigenvalue weighted by molar-refractivity contribution is 0.202. The van der Waals surface area contributed by atoms with Crippen LogP contribution in [0.3, 0.4) is 0 Å². The van der Waals surface area contributed by atoms with E-state index in [1.54, 1.807) is 13.2 Å². The highest BCUT2D eigenvalue weighted by molar-refractivity contribution is 5.69. The van der Waals surface area contributed by atoms with E-state index in [0.29, 0.717) is 18.6 Å². The fourth-order valence-corrected chi connectivity index (χ4v) is 2.61. The molecule has 2 nitrogen and oxygen atoms in total.